The Morgan fingerprint density at radius 2 is 2.10 bits per heavy atom. The monoisotopic (exact) mass is 291 g/mol. The molecule has 1 aromatic rings. The molecule has 0 spiro atoms. The van der Waals surface area contributed by atoms with E-state index in [1.807, 2.05) is 24.3 Å². The van der Waals surface area contributed by atoms with Crippen LogP contribution in [0.2, 0.25) is 0 Å². The van der Waals surface area contributed by atoms with Crippen molar-refractivity contribution in [3.8, 4) is 5.75 Å². The van der Waals surface area contributed by atoms with Crippen LogP contribution >= 0.6 is 0 Å². The predicted molar refractivity (Wildman–Crippen MR) is 82.9 cm³/mol. The molecule has 1 fully saturated rings. The minimum atomic E-state index is -0.319. The lowest BCUT2D eigenvalue weighted by molar-refractivity contribution is 0.0733. The Morgan fingerprint density at radius 1 is 1.33 bits per heavy atom. The molecule has 1 aliphatic heterocycles. The van der Waals surface area contributed by atoms with Crippen LogP contribution in [0.3, 0.4) is 0 Å². The number of para-hydroxylation sites is 1. The summed E-state index contributed by atoms with van der Waals surface area (Å²) in [6.07, 6.45) is 0.885. The summed E-state index contributed by atoms with van der Waals surface area (Å²) in [6.45, 7) is 6.86. The molecule has 21 heavy (non-hydrogen) atoms. The quantitative estimate of drug-likeness (QED) is 0.619. The zero-order valence-electron chi connectivity index (χ0n) is 13.1. The molecule has 1 aliphatic rings. The summed E-state index contributed by atoms with van der Waals surface area (Å²) in [7, 11) is 1.64. The van der Waals surface area contributed by atoms with Gasteiger partial charge in [0.1, 0.15) is 12.4 Å². The summed E-state index contributed by atoms with van der Waals surface area (Å²) in [6, 6.07) is 7.52. The minimum Gasteiger partial charge on any atom is -0.490 e. The molecule has 1 N–H and O–H groups in total. The number of hydrogen-bond acceptors (Lipinski definition) is 4. The Balaban J connectivity index is 2.26. The lowest BCUT2D eigenvalue weighted by Crippen LogP contribution is -2.38. The molecule has 4 nitrogen and oxygen atoms in total. The molecule has 2 rings (SSSR count). The molecule has 0 saturated carbocycles. The van der Waals surface area contributed by atoms with Crippen molar-refractivity contribution in [2.75, 3.05) is 33.4 Å². The van der Waals surface area contributed by atoms with E-state index >= 15 is 0 Å². The molecule has 0 radical (unpaired) electrons. The number of benzene rings is 1. The van der Waals surface area contributed by atoms with E-state index in [-0.39, 0.29) is 11.2 Å². The number of ether oxygens (including phenoxy) is 2. The van der Waals surface area contributed by atoms with Gasteiger partial charge in [0.2, 0.25) is 0 Å². The van der Waals surface area contributed by atoms with Gasteiger partial charge in [0.05, 0.1) is 12.2 Å². The first-order chi connectivity index (χ1) is 10.1. The van der Waals surface area contributed by atoms with Crippen molar-refractivity contribution >= 4 is 5.78 Å². The average molecular weight is 291 g/mol. The molecule has 1 atom stereocenters. The van der Waals surface area contributed by atoms with Crippen LogP contribution in [0.15, 0.2) is 24.3 Å². The third kappa shape index (κ3) is 3.27. The summed E-state index contributed by atoms with van der Waals surface area (Å²) < 4.78 is 10.7. The fourth-order valence-electron chi connectivity index (χ4n) is 2.94. The van der Waals surface area contributed by atoms with Gasteiger partial charge in [0.25, 0.3) is 0 Å². The lowest BCUT2D eigenvalue weighted by Gasteiger charge is -2.31. The fraction of sp³-hybridized carbons (Fsp3) is 0.588. The SMILES string of the molecule is COCCOc1ccccc1C(=O)C1(C(C)C)CCNC1. The summed E-state index contributed by atoms with van der Waals surface area (Å²) in [5.41, 5.74) is 0.367. The van der Waals surface area contributed by atoms with Crippen LogP contribution in [0.4, 0.5) is 0 Å². The Morgan fingerprint density at radius 3 is 2.71 bits per heavy atom. The van der Waals surface area contributed by atoms with Crippen LogP contribution in [0.5, 0.6) is 5.75 Å². The van der Waals surface area contributed by atoms with Gasteiger partial charge in [0, 0.05) is 19.1 Å². The highest BCUT2D eigenvalue weighted by molar-refractivity contribution is 6.03. The number of carbonyl (C=O) groups is 1. The maximum Gasteiger partial charge on any atom is 0.174 e. The van der Waals surface area contributed by atoms with Crippen molar-refractivity contribution < 1.29 is 14.3 Å². The van der Waals surface area contributed by atoms with Crippen molar-refractivity contribution in [1.82, 2.24) is 5.32 Å². The van der Waals surface area contributed by atoms with Crippen molar-refractivity contribution in [3.63, 3.8) is 0 Å². The molecule has 1 unspecified atom stereocenters. The van der Waals surface area contributed by atoms with Crippen LogP contribution in [-0.2, 0) is 4.74 Å². The van der Waals surface area contributed by atoms with Crippen LogP contribution in [0, 0.1) is 11.3 Å². The average Bonchev–Trinajstić information content (AvgIpc) is 2.98. The third-order valence-electron chi connectivity index (χ3n) is 4.42. The van der Waals surface area contributed by atoms with Crippen molar-refractivity contribution in [1.29, 1.82) is 0 Å². The lowest BCUT2D eigenvalue weighted by atomic mass is 9.71. The number of ketones is 1. The topological polar surface area (TPSA) is 47.6 Å². The van der Waals surface area contributed by atoms with E-state index < -0.39 is 0 Å². The molecule has 1 heterocycles. The second-order valence-electron chi connectivity index (χ2n) is 5.90. The molecule has 0 bridgehead atoms. The predicted octanol–water partition coefficient (Wildman–Crippen LogP) is 2.53. The van der Waals surface area contributed by atoms with E-state index in [0.717, 1.165) is 19.5 Å². The third-order valence-corrected chi connectivity index (χ3v) is 4.42. The number of methoxy groups -OCH3 is 1. The number of rotatable bonds is 7. The molecule has 116 valence electrons. The Kier molecular flexibility index (Phi) is 5.37. The number of hydrogen-bond donors (Lipinski definition) is 1. The van der Waals surface area contributed by atoms with Gasteiger partial charge < -0.3 is 14.8 Å². The van der Waals surface area contributed by atoms with Crippen molar-refractivity contribution in [2.24, 2.45) is 11.3 Å². The van der Waals surface area contributed by atoms with Gasteiger partial charge in [0.15, 0.2) is 5.78 Å². The zero-order chi connectivity index (χ0) is 15.3. The van der Waals surface area contributed by atoms with E-state index in [0.29, 0.717) is 30.4 Å². The largest absolute Gasteiger partial charge is 0.490 e. The number of carbonyl (C=O) groups excluding carboxylic acids is 1. The van der Waals surface area contributed by atoms with Crippen molar-refractivity contribution in [3.05, 3.63) is 29.8 Å². The maximum absolute atomic E-state index is 13.1. The summed E-state index contributed by atoms with van der Waals surface area (Å²) in [4.78, 5) is 13.1. The van der Waals surface area contributed by atoms with Gasteiger partial charge in [-0.15, -0.1) is 0 Å². The summed E-state index contributed by atoms with van der Waals surface area (Å²) >= 11 is 0. The first-order valence-corrected chi connectivity index (χ1v) is 7.58. The molecule has 0 aromatic heterocycles. The van der Waals surface area contributed by atoms with E-state index in [1.54, 1.807) is 7.11 Å². The molecule has 1 aromatic carbocycles. The smallest absolute Gasteiger partial charge is 0.174 e. The zero-order valence-corrected chi connectivity index (χ0v) is 13.1. The van der Waals surface area contributed by atoms with Crippen LogP contribution < -0.4 is 10.1 Å². The van der Waals surface area contributed by atoms with E-state index in [9.17, 15) is 4.79 Å². The van der Waals surface area contributed by atoms with Gasteiger partial charge in [-0.05, 0) is 31.0 Å². The van der Waals surface area contributed by atoms with Crippen LogP contribution in [-0.4, -0.2) is 39.2 Å². The van der Waals surface area contributed by atoms with Gasteiger partial charge in [-0.25, -0.2) is 0 Å². The van der Waals surface area contributed by atoms with E-state index in [1.165, 1.54) is 0 Å². The van der Waals surface area contributed by atoms with E-state index in [2.05, 4.69) is 19.2 Å². The van der Waals surface area contributed by atoms with E-state index in [4.69, 9.17) is 9.47 Å². The van der Waals surface area contributed by atoms with Gasteiger partial charge >= 0.3 is 0 Å². The minimum absolute atomic E-state index is 0.190. The molecular weight excluding hydrogens is 266 g/mol. The van der Waals surface area contributed by atoms with Gasteiger partial charge in [-0.3, -0.25) is 4.79 Å². The molecule has 0 aliphatic carbocycles. The normalized spacial score (nSPS) is 21.7. The standard InChI is InChI=1S/C17H25NO3/c1-13(2)17(8-9-18-12-17)16(19)14-6-4-5-7-15(14)21-11-10-20-3/h4-7,13,18H,8-12H2,1-3H3. The Labute approximate surface area is 126 Å². The fourth-order valence-corrected chi connectivity index (χ4v) is 2.94. The molecule has 4 heteroatoms. The van der Waals surface area contributed by atoms with Crippen LogP contribution in [0.1, 0.15) is 30.6 Å². The second-order valence-corrected chi connectivity index (χ2v) is 5.90. The molecule has 0 amide bonds. The highest BCUT2D eigenvalue weighted by Gasteiger charge is 2.44. The first kappa shape index (κ1) is 16.0. The highest BCUT2D eigenvalue weighted by Crippen LogP contribution is 2.39. The highest BCUT2D eigenvalue weighted by atomic mass is 16.5. The van der Waals surface area contributed by atoms with Gasteiger partial charge in [-0.1, -0.05) is 26.0 Å². The van der Waals surface area contributed by atoms with Gasteiger partial charge in [-0.2, -0.15) is 0 Å². The van der Waals surface area contributed by atoms with Crippen LogP contribution in [0.25, 0.3) is 0 Å². The Hall–Kier alpha value is -1.39. The maximum atomic E-state index is 13.1. The number of nitrogens with one attached hydrogen (secondary N) is 1. The second kappa shape index (κ2) is 7.05. The summed E-state index contributed by atoms with van der Waals surface area (Å²) in [5.74, 6) is 1.15. The number of Topliss-reactive ketones (excluding diaryl/α,β-unsaturated/α-hetero) is 1. The molecule has 1 saturated heterocycles. The van der Waals surface area contributed by atoms with Crippen molar-refractivity contribution in [2.45, 2.75) is 20.3 Å². The molecular formula is C17H25NO3. The Bertz CT molecular complexity index is 479. The summed E-state index contributed by atoms with van der Waals surface area (Å²) in [5, 5.41) is 3.34. The first-order valence-electron chi connectivity index (χ1n) is 7.58.